The molecule has 0 saturated carbocycles. The third-order valence-corrected chi connectivity index (χ3v) is 4.63. The molecule has 8 heteroatoms. The zero-order valence-corrected chi connectivity index (χ0v) is 15.6. The second-order valence-electron chi connectivity index (χ2n) is 6.58. The smallest absolute Gasteiger partial charge is 0.305 e. The minimum absolute atomic E-state index is 0.0473. The van der Waals surface area contributed by atoms with E-state index in [-0.39, 0.29) is 18.9 Å². The number of aromatic nitrogens is 3. The van der Waals surface area contributed by atoms with Crippen molar-refractivity contribution in [2.24, 2.45) is 0 Å². The lowest BCUT2D eigenvalue weighted by Crippen LogP contribution is -2.38. The van der Waals surface area contributed by atoms with E-state index in [1.165, 1.54) is 0 Å². The maximum Gasteiger partial charge on any atom is 0.305 e. The molecule has 0 fully saturated rings. The highest BCUT2D eigenvalue weighted by atomic mass is 16.4. The lowest BCUT2D eigenvalue weighted by Gasteiger charge is -2.28. The summed E-state index contributed by atoms with van der Waals surface area (Å²) < 4.78 is 0. The van der Waals surface area contributed by atoms with E-state index in [9.17, 15) is 9.59 Å². The average Bonchev–Trinajstić information content (AvgIpc) is 2.74. The van der Waals surface area contributed by atoms with Gasteiger partial charge in [-0.2, -0.15) is 0 Å². The predicted octanol–water partition coefficient (Wildman–Crippen LogP) is 2.63. The molecular weight excluding hydrogens is 370 g/mol. The zero-order valence-electron chi connectivity index (χ0n) is 15.6. The molecule has 3 heterocycles. The number of rotatable bonds is 6. The Labute approximate surface area is 167 Å². The van der Waals surface area contributed by atoms with Crippen LogP contribution in [0.15, 0.2) is 54.7 Å². The van der Waals surface area contributed by atoms with E-state index in [4.69, 9.17) is 5.11 Å². The van der Waals surface area contributed by atoms with Gasteiger partial charge in [-0.05, 0) is 30.2 Å². The largest absolute Gasteiger partial charge is 0.481 e. The van der Waals surface area contributed by atoms with Crippen LogP contribution in [0.3, 0.4) is 0 Å². The van der Waals surface area contributed by atoms with Crippen molar-refractivity contribution < 1.29 is 14.7 Å². The van der Waals surface area contributed by atoms with Gasteiger partial charge in [0, 0.05) is 30.9 Å². The Morgan fingerprint density at radius 2 is 1.97 bits per heavy atom. The van der Waals surface area contributed by atoms with Crippen molar-refractivity contribution in [1.29, 1.82) is 0 Å². The molecule has 0 unspecified atom stereocenters. The number of carbonyl (C=O) groups is 2. The molecule has 1 aromatic carbocycles. The van der Waals surface area contributed by atoms with E-state index < -0.39 is 5.97 Å². The van der Waals surface area contributed by atoms with Gasteiger partial charge in [-0.15, -0.1) is 0 Å². The lowest BCUT2D eigenvalue weighted by atomic mass is 9.99. The molecule has 2 aromatic heterocycles. The highest BCUT2D eigenvalue weighted by Gasteiger charge is 2.27. The summed E-state index contributed by atoms with van der Waals surface area (Å²) in [7, 11) is 0. The minimum Gasteiger partial charge on any atom is -0.481 e. The maximum absolute atomic E-state index is 13.0. The number of aliphatic carboxylic acids is 1. The van der Waals surface area contributed by atoms with Gasteiger partial charge >= 0.3 is 5.97 Å². The Morgan fingerprint density at radius 1 is 1.14 bits per heavy atom. The van der Waals surface area contributed by atoms with Gasteiger partial charge in [0.15, 0.2) is 5.82 Å². The van der Waals surface area contributed by atoms with Crippen molar-refractivity contribution >= 4 is 23.5 Å². The van der Waals surface area contributed by atoms with Gasteiger partial charge in [0.1, 0.15) is 17.3 Å². The molecule has 2 N–H and O–H groups in total. The molecular formula is C21H19N5O3. The fraction of sp³-hybridized carbons (Fsp3) is 0.190. The van der Waals surface area contributed by atoms with Crippen molar-refractivity contribution in [2.75, 3.05) is 23.3 Å². The van der Waals surface area contributed by atoms with Crippen LogP contribution in [0.1, 0.15) is 22.3 Å². The fourth-order valence-electron chi connectivity index (χ4n) is 3.22. The minimum atomic E-state index is -0.903. The molecule has 1 aliphatic rings. The number of nitrogens with one attached hydrogen (secondary N) is 1. The summed E-state index contributed by atoms with van der Waals surface area (Å²) in [6.45, 7) is 0.716. The summed E-state index contributed by atoms with van der Waals surface area (Å²) in [6.07, 6.45) is 2.33. The average molecular weight is 389 g/mol. The Bertz CT molecular complexity index is 1060. The number of hydrogen-bond donors (Lipinski definition) is 2. The van der Waals surface area contributed by atoms with Gasteiger partial charge in [0.2, 0.25) is 0 Å². The summed E-state index contributed by atoms with van der Waals surface area (Å²) in [6, 6.07) is 14.6. The van der Waals surface area contributed by atoms with Gasteiger partial charge in [0.05, 0.1) is 6.42 Å². The molecule has 4 rings (SSSR count). The fourth-order valence-corrected chi connectivity index (χ4v) is 3.22. The Kier molecular flexibility index (Phi) is 5.15. The lowest BCUT2D eigenvalue weighted by molar-refractivity contribution is -0.136. The molecule has 0 saturated heterocycles. The highest BCUT2D eigenvalue weighted by Crippen LogP contribution is 2.26. The van der Waals surface area contributed by atoms with Gasteiger partial charge in [-0.3, -0.25) is 19.5 Å². The SMILES string of the molecule is O=C(O)CCNc1cc(N2CCc3ccccc3C2=O)nc(-c2ccccn2)n1. The number of carboxylic acid groups (broad SMARTS) is 1. The van der Waals surface area contributed by atoms with Crippen LogP contribution in [0.5, 0.6) is 0 Å². The molecule has 0 aliphatic carbocycles. The van der Waals surface area contributed by atoms with E-state index >= 15 is 0 Å². The molecule has 8 nitrogen and oxygen atoms in total. The van der Waals surface area contributed by atoms with Crippen molar-refractivity contribution in [3.63, 3.8) is 0 Å². The molecule has 29 heavy (non-hydrogen) atoms. The van der Waals surface area contributed by atoms with Gasteiger partial charge in [-0.25, -0.2) is 9.97 Å². The van der Waals surface area contributed by atoms with E-state index in [2.05, 4.69) is 20.3 Å². The molecule has 1 amide bonds. The van der Waals surface area contributed by atoms with Crippen LogP contribution < -0.4 is 10.2 Å². The van der Waals surface area contributed by atoms with E-state index in [1.54, 1.807) is 29.3 Å². The molecule has 0 radical (unpaired) electrons. The predicted molar refractivity (Wildman–Crippen MR) is 108 cm³/mol. The second-order valence-corrected chi connectivity index (χ2v) is 6.58. The summed E-state index contributed by atoms with van der Waals surface area (Å²) in [5.41, 5.74) is 2.25. The number of carbonyl (C=O) groups excluding carboxylic acids is 1. The third-order valence-electron chi connectivity index (χ3n) is 4.63. The molecule has 0 spiro atoms. The standard InChI is InChI=1S/C21H19N5O3/c27-19(28)8-11-23-17-13-18(25-20(24-17)16-7-3-4-10-22-16)26-12-9-14-5-1-2-6-15(14)21(26)29/h1-7,10,13H,8-9,11-12H2,(H,27,28)(H,23,24,25). The Morgan fingerprint density at radius 3 is 2.76 bits per heavy atom. The molecule has 0 bridgehead atoms. The number of anilines is 2. The first-order valence-electron chi connectivity index (χ1n) is 9.28. The van der Waals surface area contributed by atoms with Crippen LogP contribution in [-0.2, 0) is 11.2 Å². The third kappa shape index (κ3) is 4.06. The number of hydrogen-bond acceptors (Lipinski definition) is 6. The number of nitrogens with zero attached hydrogens (tertiary/aromatic N) is 4. The first-order chi connectivity index (χ1) is 14.1. The van der Waals surface area contributed by atoms with Crippen LogP contribution >= 0.6 is 0 Å². The number of amides is 1. The quantitative estimate of drug-likeness (QED) is 0.667. The van der Waals surface area contributed by atoms with Crippen LogP contribution in [0.25, 0.3) is 11.5 Å². The first-order valence-corrected chi connectivity index (χ1v) is 9.28. The zero-order chi connectivity index (χ0) is 20.2. The molecule has 146 valence electrons. The van der Waals surface area contributed by atoms with E-state index in [0.717, 1.165) is 12.0 Å². The number of carboxylic acids is 1. The van der Waals surface area contributed by atoms with Crippen molar-refractivity contribution in [1.82, 2.24) is 15.0 Å². The van der Waals surface area contributed by atoms with Gasteiger partial charge in [-0.1, -0.05) is 24.3 Å². The van der Waals surface area contributed by atoms with Crippen LogP contribution in [0, 0.1) is 0 Å². The Balaban J connectivity index is 1.70. The van der Waals surface area contributed by atoms with Crippen LogP contribution in [-0.4, -0.2) is 45.0 Å². The summed E-state index contributed by atoms with van der Waals surface area (Å²) in [4.78, 5) is 38.8. The summed E-state index contributed by atoms with van der Waals surface area (Å²) in [5, 5.41) is 11.9. The normalized spacial score (nSPS) is 13.1. The summed E-state index contributed by atoms with van der Waals surface area (Å²) >= 11 is 0. The van der Waals surface area contributed by atoms with Crippen LogP contribution in [0.2, 0.25) is 0 Å². The number of pyridine rings is 1. The van der Waals surface area contributed by atoms with Crippen molar-refractivity contribution in [3.05, 3.63) is 65.9 Å². The number of fused-ring (bicyclic) bond motifs is 1. The Hall–Kier alpha value is -3.81. The summed E-state index contributed by atoms with van der Waals surface area (Å²) in [5.74, 6) is 0.252. The van der Waals surface area contributed by atoms with Crippen molar-refractivity contribution in [2.45, 2.75) is 12.8 Å². The van der Waals surface area contributed by atoms with Gasteiger partial charge < -0.3 is 10.4 Å². The molecule has 0 atom stereocenters. The number of benzene rings is 1. The van der Waals surface area contributed by atoms with Gasteiger partial charge in [0.25, 0.3) is 5.91 Å². The highest BCUT2D eigenvalue weighted by molar-refractivity contribution is 6.07. The second kappa shape index (κ2) is 8.05. The first kappa shape index (κ1) is 18.5. The molecule has 1 aliphatic heterocycles. The molecule has 3 aromatic rings. The van der Waals surface area contributed by atoms with Crippen LogP contribution in [0.4, 0.5) is 11.6 Å². The topological polar surface area (TPSA) is 108 Å². The van der Waals surface area contributed by atoms with E-state index in [1.807, 2.05) is 30.3 Å². The monoisotopic (exact) mass is 389 g/mol. The maximum atomic E-state index is 13.0. The van der Waals surface area contributed by atoms with E-state index in [0.29, 0.717) is 35.3 Å². The van der Waals surface area contributed by atoms with Crippen molar-refractivity contribution in [3.8, 4) is 11.5 Å².